The molecular weight excluding hydrogens is 464 g/mol. The SMILES string of the molecule is Cc1ccc(-c2csc3ncn(CCC(=O)NNC(=O)c4oc5ccccc5c4C)c(=O)c23)cc1. The Hall–Kier alpha value is -4.24. The molecular formula is C26H22N4O4S. The molecule has 3 heterocycles. The second-order valence-corrected chi connectivity index (χ2v) is 9.10. The van der Waals surface area contributed by atoms with Crippen molar-refractivity contribution in [2.45, 2.75) is 26.8 Å². The van der Waals surface area contributed by atoms with E-state index in [9.17, 15) is 14.4 Å². The molecule has 0 aliphatic rings. The lowest BCUT2D eigenvalue weighted by molar-refractivity contribution is -0.122. The van der Waals surface area contributed by atoms with E-state index in [0.29, 0.717) is 21.4 Å². The number of hydrogen-bond donors (Lipinski definition) is 2. The van der Waals surface area contributed by atoms with Crippen molar-refractivity contribution in [3.8, 4) is 11.1 Å². The number of nitrogens with one attached hydrogen (secondary N) is 2. The number of thiophene rings is 1. The average molecular weight is 487 g/mol. The molecule has 0 radical (unpaired) electrons. The van der Waals surface area contributed by atoms with Crippen LogP contribution < -0.4 is 16.4 Å². The Bertz CT molecular complexity index is 1630. The molecule has 35 heavy (non-hydrogen) atoms. The fraction of sp³-hybridized carbons (Fsp3) is 0.154. The Morgan fingerprint density at radius 3 is 2.60 bits per heavy atom. The molecule has 9 heteroatoms. The van der Waals surface area contributed by atoms with Crippen molar-refractivity contribution in [2.75, 3.05) is 0 Å². The fourth-order valence-corrected chi connectivity index (χ4v) is 4.84. The highest BCUT2D eigenvalue weighted by atomic mass is 32.1. The number of nitrogens with zero attached hydrogens (tertiary/aromatic N) is 2. The summed E-state index contributed by atoms with van der Waals surface area (Å²) >= 11 is 1.41. The minimum absolute atomic E-state index is 0.0174. The summed E-state index contributed by atoms with van der Waals surface area (Å²) < 4.78 is 7.02. The van der Waals surface area contributed by atoms with Crippen LogP contribution in [0.5, 0.6) is 0 Å². The Kier molecular flexibility index (Phi) is 5.92. The first kappa shape index (κ1) is 22.5. The van der Waals surface area contributed by atoms with Crippen LogP contribution in [0, 0.1) is 13.8 Å². The number of para-hydroxylation sites is 1. The first-order valence-corrected chi connectivity index (χ1v) is 11.9. The van der Waals surface area contributed by atoms with Gasteiger partial charge in [0.25, 0.3) is 5.56 Å². The van der Waals surface area contributed by atoms with Gasteiger partial charge in [0, 0.05) is 34.9 Å². The number of aryl methyl sites for hydroxylation is 3. The zero-order chi connectivity index (χ0) is 24.5. The molecule has 0 atom stereocenters. The third-order valence-electron chi connectivity index (χ3n) is 5.87. The van der Waals surface area contributed by atoms with Gasteiger partial charge in [-0.1, -0.05) is 48.0 Å². The van der Waals surface area contributed by atoms with Gasteiger partial charge >= 0.3 is 5.91 Å². The number of hydrazine groups is 1. The van der Waals surface area contributed by atoms with Crippen molar-refractivity contribution in [3.05, 3.63) is 87.5 Å². The number of furan rings is 1. The van der Waals surface area contributed by atoms with Crippen LogP contribution >= 0.6 is 11.3 Å². The predicted octanol–water partition coefficient (Wildman–Crippen LogP) is 4.34. The van der Waals surface area contributed by atoms with Crippen molar-refractivity contribution in [1.29, 1.82) is 0 Å². The quantitative estimate of drug-likeness (QED) is 0.360. The highest BCUT2D eigenvalue weighted by Crippen LogP contribution is 2.30. The molecule has 2 amide bonds. The van der Waals surface area contributed by atoms with Gasteiger partial charge in [-0.15, -0.1) is 11.3 Å². The summed E-state index contributed by atoms with van der Waals surface area (Å²) in [6.07, 6.45) is 1.43. The van der Waals surface area contributed by atoms with E-state index >= 15 is 0 Å². The Morgan fingerprint density at radius 1 is 1.06 bits per heavy atom. The van der Waals surface area contributed by atoms with E-state index in [1.54, 1.807) is 13.0 Å². The van der Waals surface area contributed by atoms with Gasteiger partial charge in [-0.2, -0.15) is 0 Å². The highest BCUT2D eigenvalue weighted by molar-refractivity contribution is 7.17. The largest absolute Gasteiger partial charge is 0.451 e. The molecule has 5 aromatic rings. The first-order valence-electron chi connectivity index (χ1n) is 11.0. The van der Waals surface area contributed by atoms with Crippen LogP contribution in [0.2, 0.25) is 0 Å². The van der Waals surface area contributed by atoms with E-state index in [2.05, 4.69) is 15.8 Å². The molecule has 176 valence electrons. The van der Waals surface area contributed by atoms with Gasteiger partial charge < -0.3 is 4.42 Å². The number of benzene rings is 2. The van der Waals surface area contributed by atoms with Crippen LogP contribution in [-0.4, -0.2) is 21.4 Å². The van der Waals surface area contributed by atoms with E-state index < -0.39 is 11.8 Å². The van der Waals surface area contributed by atoms with Crippen molar-refractivity contribution in [3.63, 3.8) is 0 Å². The summed E-state index contributed by atoms with van der Waals surface area (Å²) in [5, 5.41) is 3.30. The van der Waals surface area contributed by atoms with Crippen LogP contribution in [0.1, 0.15) is 28.1 Å². The molecule has 2 aromatic carbocycles. The summed E-state index contributed by atoms with van der Waals surface area (Å²) in [7, 11) is 0. The smallest absolute Gasteiger partial charge is 0.305 e. The lowest BCUT2D eigenvalue weighted by Gasteiger charge is -2.08. The van der Waals surface area contributed by atoms with Crippen LogP contribution in [0.25, 0.3) is 32.3 Å². The first-order chi connectivity index (χ1) is 16.9. The molecule has 0 saturated carbocycles. The molecule has 8 nitrogen and oxygen atoms in total. The minimum atomic E-state index is -0.548. The van der Waals surface area contributed by atoms with Gasteiger partial charge in [-0.05, 0) is 25.5 Å². The molecule has 3 aromatic heterocycles. The fourth-order valence-electron chi connectivity index (χ4n) is 3.93. The van der Waals surface area contributed by atoms with Gasteiger partial charge in [-0.3, -0.25) is 29.8 Å². The van der Waals surface area contributed by atoms with Crippen LogP contribution in [-0.2, 0) is 11.3 Å². The molecule has 0 spiro atoms. The monoisotopic (exact) mass is 486 g/mol. The number of hydrogen-bond acceptors (Lipinski definition) is 6. The van der Waals surface area contributed by atoms with E-state index in [1.165, 1.54) is 22.2 Å². The Balaban J connectivity index is 1.26. The zero-order valence-corrected chi connectivity index (χ0v) is 19.9. The van der Waals surface area contributed by atoms with Crippen LogP contribution in [0.3, 0.4) is 0 Å². The third-order valence-corrected chi connectivity index (χ3v) is 6.75. The molecule has 5 rings (SSSR count). The topological polar surface area (TPSA) is 106 Å². The maximum Gasteiger partial charge on any atom is 0.305 e. The summed E-state index contributed by atoms with van der Waals surface area (Å²) in [6, 6.07) is 15.3. The van der Waals surface area contributed by atoms with Gasteiger partial charge in [0.05, 0.1) is 11.7 Å². The van der Waals surface area contributed by atoms with E-state index in [-0.39, 0.29) is 24.3 Å². The zero-order valence-electron chi connectivity index (χ0n) is 19.1. The van der Waals surface area contributed by atoms with E-state index in [1.807, 2.05) is 54.8 Å². The number of aromatic nitrogens is 2. The van der Waals surface area contributed by atoms with Crippen LogP contribution in [0.4, 0.5) is 0 Å². The number of amides is 2. The van der Waals surface area contributed by atoms with Gasteiger partial charge in [-0.25, -0.2) is 4.98 Å². The van der Waals surface area contributed by atoms with Crippen molar-refractivity contribution in [2.24, 2.45) is 0 Å². The minimum Gasteiger partial charge on any atom is -0.451 e. The maximum absolute atomic E-state index is 13.2. The molecule has 0 fully saturated rings. The Labute approximate surface area is 204 Å². The Morgan fingerprint density at radius 2 is 1.83 bits per heavy atom. The maximum atomic E-state index is 13.2. The molecule has 0 aliphatic heterocycles. The number of rotatable bonds is 5. The van der Waals surface area contributed by atoms with Gasteiger partial charge in [0.15, 0.2) is 5.76 Å². The van der Waals surface area contributed by atoms with E-state index in [4.69, 9.17) is 4.42 Å². The lowest BCUT2D eigenvalue weighted by Crippen LogP contribution is -2.42. The summed E-state index contributed by atoms with van der Waals surface area (Å²) in [6.45, 7) is 3.92. The van der Waals surface area contributed by atoms with Crippen molar-refractivity contribution in [1.82, 2.24) is 20.4 Å². The van der Waals surface area contributed by atoms with Crippen molar-refractivity contribution >= 4 is 44.3 Å². The third kappa shape index (κ3) is 4.33. The lowest BCUT2D eigenvalue weighted by atomic mass is 10.1. The van der Waals surface area contributed by atoms with Gasteiger partial charge in [0.1, 0.15) is 10.4 Å². The molecule has 0 saturated heterocycles. The van der Waals surface area contributed by atoms with Crippen molar-refractivity contribution < 1.29 is 14.0 Å². The molecule has 2 N–H and O–H groups in total. The summed E-state index contributed by atoms with van der Waals surface area (Å²) in [5.74, 6) is -0.852. The molecule has 0 bridgehead atoms. The summed E-state index contributed by atoms with van der Waals surface area (Å²) in [4.78, 5) is 43.1. The van der Waals surface area contributed by atoms with E-state index in [0.717, 1.165) is 22.1 Å². The molecule has 0 unspecified atom stereocenters. The predicted molar refractivity (Wildman–Crippen MR) is 135 cm³/mol. The standard InChI is InChI=1S/C26H22N4O4S/c1-15-7-9-17(10-8-15)19-13-35-25-22(19)26(33)30(14-27-25)12-11-21(31)28-29-24(32)23-16(2)18-5-3-4-6-20(18)34-23/h3-10,13-14H,11-12H2,1-2H3,(H,28,31)(H,29,32). The normalized spacial score (nSPS) is 11.1. The average Bonchev–Trinajstić information content (AvgIpc) is 3.45. The number of carbonyl (C=O) groups is 2. The second-order valence-electron chi connectivity index (χ2n) is 8.24. The van der Waals surface area contributed by atoms with Gasteiger partial charge in [0.2, 0.25) is 5.91 Å². The summed E-state index contributed by atoms with van der Waals surface area (Å²) in [5.41, 5.74) is 8.76. The molecule has 0 aliphatic carbocycles. The highest BCUT2D eigenvalue weighted by Gasteiger charge is 2.18. The number of fused-ring (bicyclic) bond motifs is 2. The second kappa shape index (κ2) is 9.19. The van der Waals surface area contributed by atoms with Crippen LogP contribution in [0.15, 0.2) is 69.5 Å². The number of carbonyl (C=O) groups excluding carboxylic acids is 2.